The Morgan fingerprint density at radius 2 is 1.88 bits per heavy atom. The molecule has 2 N–H and O–H groups in total. The van der Waals surface area contributed by atoms with Crippen molar-refractivity contribution in [3.63, 3.8) is 0 Å². The second-order valence-electron chi connectivity index (χ2n) is 4.95. The smallest absolute Gasteiger partial charge is 0.417 e. The molecule has 0 aliphatic carbocycles. The highest BCUT2D eigenvalue weighted by Gasteiger charge is 2.31. The molecule has 134 valence electrons. The van der Waals surface area contributed by atoms with Crippen LogP contribution in [0.4, 0.5) is 18.9 Å². The molecule has 0 saturated carbocycles. The first-order valence-electron chi connectivity index (χ1n) is 6.70. The molecule has 26 heavy (non-hydrogen) atoms. The fraction of sp³-hybridized carbons (Fsp3) is 0.0769. The van der Waals surface area contributed by atoms with E-state index in [2.05, 4.69) is 20.4 Å². The lowest BCUT2D eigenvalue weighted by Crippen LogP contribution is -2.08. The number of nitrogens with zero attached hydrogens (tertiary/aromatic N) is 6. The number of benzene rings is 1. The number of hydrogen-bond acceptors (Lipinski definition) is 8. The minimum Gasteiger partial charge on any atom is -0.504 e. The monoisotopic (exact) mass is 368 g/mol. The second-order valence-corrected chi connectivity index (χ2v) is 4.95. The molecule has 13 heteroatoms. The number of phenols is 2. The van der Waals surface area contributed by atoms with Crippen LogP contribution < -0.4 is 0 Å². The summed E-state index contributed by atoms with van der Waals surface area (Å²) in [6.07, 6.45) is -2.92. The summed E-state index contributed by atoms with van der Waals surface area (Å²) in [5.74, 6) is -1.94. The maximum Gasteiger partial charge on any atom is 0.417 e. The van der Waals surface area contributed by atoms with Crippen molar-refractivity contribution in [2.24, 2.45) is 0 Å². The molecule has 0 aliphatic heterocycles. The van der Waals surface area contributed by atoms with Crippen LogP contribution in [0.15, 0.2) is 30.6 Å². The van der Waals surface area contributed by atoms with E-state index in [0.717, 1.165) is 29.2 Å². The Bertz CT molecular complexity index is 1000. The quantitative estimate of drug-likeness (QED) is 0.407. The van der Waals surface area contributed by atoms with Crippen LogP contribution in [0.3, 0.4) is 0 Å². The molecule has 2 aromatic heterocycles. The third kappa shape index (κ3) is 3.09. The van der Waals surface area contributed by atoms with E-state index in [1.807, 2.05) is 0 Å². The fourth-order valence-electron chi connectivity index (χ4n) is 2.00. The van der Waals surface area contributed by atoms with Crippen LogP contribution in [0.2, 0.25) is 0 Å². The minimum absolute atomic E-state index is 0.0711. The van der Waals surface area contributed by atoms with E-state index in [4.69, 9.17) is 0 Å². The molecule has 3 rings (SSSR count). The number of rotatable bonds is 3. The summed E-state index contributed by atoms with van der Waals surface area (Å²) < 4.78 is 38.2. The van der Waals surface area contributed by atoms with E-state index in [0.29, 0.717) is 6.20 Å². The van der Waals surface area contributed by atoms with Gasteiger partial charge in [-0.2, -0.15) is 13.2 Å². The van der Waals surface area contributed by atoms with Gasteiger partial charge in [-0.25, -0.2) is 0 Å². The van der Waals surface area contributed by atoms with E-state index in [9.17, 15) is 33.5 Å². The van der Waals surface area contributed by atoms with E-state index >= 15 is 0 Å². The van der Waals surface area contributed by atoms with Gasteiger partial charge in [-0.05, 0) is 17.3 Å². The Balaban J connectivity index is 2.03. The number of hydrogen-bond donors (Lipinski definition) is 2. The van der Waals surface area contributed by atoms with Crippen molar-refractivity contribution in [3.8, 4) is 28.6 Å². The normalized spacial score (nSPS) is 11.5. The van der Waals surface area contributed by atoms with Gasteiger partial charge in [0.2, 0.25) is 11.6 Å². The molecule has 10 nitrogen and oxygen atoms in total. The van der Waals surface area contributed by atoms with Gasteiger partial charge in [0.25, 0.3) is 0 Å². The predicted molar refractivity (Wildman–Crippen MR) is 77.4 cm³/mol. The van der Waals surface area contributed by atoms with Crippen LogP contribution in [-0.4, -0.2) is 40.3 Å². The van der Waals surface area contributed by atoms with Gasteiger partial charge < -0.3 is 10.2 Å². The summed E-state index contributed by atoms with van der Waals surface area (Å²) in [6.45, 7) is 0. The van der Waals surface area contributed by atoms with Crippen molar-refractivity contribution in [2.75, 3.05) is 0 Å². The van der Waals surface area contributed by atoms with Crippen LogP contribution in [-0.2, 0) is 6.18 Å². The van der Waals surface area contributed by atoms with Gasteiger partial charge in [0.15, 0.2) is 5.75 Å². The van der Waals surface area contributed by atoms with Crippen LogP contribution in [0.5, 0.6) is 11.5 Å². The van der Waals surface area contributed by atoms with Crippen molar-refractivity contribution in [1.82, 2.24) is 25.2 Å². The average Bonchev–Trinajstić information content (AvgIpc) is 3.06. The predicted octanol–water partition coefficient (Wildman–Crippen LogP) is 2.06. The molecular formula is C13H7F3N6O4. The number of aromatic nitrogens is 5. The van der Waals surface area contributed by atoms with Gasteiger partial charge in [0, 0.05) is 17.8 Å². The third-order valence-corrected chi connectivity index (χ3v) is 3.22. The molecule has 0 bridgehead atoms. The molecule has 0 spiro atoms. The zero-order valence-corrected chi connectivity index (χ0v) is 12.4. The largest absolute Gasteiger partial charge is 0.504 e. The highest BCUT2D eigenvalue weighted by atomic mass is 19.4. The summed E-state index contributed by atoms with van der Waals surface area (Å²) in [5, 5.41) is 40.9. The number of halogens is 3. The molecule has 3 aromatic rings. The Labute approximate surface area is 141 Å². The van der Waals surface area contributed by atoms with Gasteiger partial charge in [0.05, 0.1) is 16.7 Å². The molecule has 0 unspecified atom stereocenters. The zero-order chi connectivity index (χ0) is 19.1. The zero-order valence-electron chi connectivity index (χ0n) is 12.4. The maximum atomic E-state index is 12.7. The first-order chi connectivity index (χ1) is 12.2. The summed E-state index contributed by atoms with van der Waals surface area (Å²) in [4.78, 5) is 14.1. The molecule has 1 aromatic carbocycles. The molecule has 0 fully saturated rings. The first-order valence-corrected chi connectivity index (χ1v) is 6.70. The molecule has 2 heterocycles. The molecular weight excluding hydrogens is 361 g/mol. The van der Waals surface area contributed by atoms with Gasteiger partial charge in [-0.15, -0.1) is 15.0 Å². The molecule has 0 aliphatic rings. The van der Waals surface area contributed by atoms with Crippen molar-refractivity contribution in [1.29, 1.82) is 0 Å². The Morgan fingerprint density at radius 3 is 2.54 bits per heavy atom. The Morgan fingerprint density at radius 1 is 1.15 bits per heavy atom. The minimum atomic E-state index is -4.62. The van der Waals surface area contributed by atoms with E-state index in [1.54, 1.807) is 0 Å². The van der Waals surface area contributed by atoms with Crippen molar-refractivity contribution < 1.29 is 28.3 Å². The lowest BCUT2D eigenvalue weighted by molar-refractivity contribution is -0.385. The van der Waals surface area contributed by atoms with E-state index in [-0.39, 0.29) is 17.1 Å². The summed E-state index contributed by atoms with van der Waals surface area (Å²) in [7, 11) is 0. The van der Waals surface area contributed by atoms with Crippen LogP contribution in [0.1, 0.15) is 5.56 Å². The van der Waals surface area contributed by atoms with Crippen molar-refractivity contribution >= 4 is 5.69 Å². The second kappa shape index (κ2) is 5.94. The van der Waals surface area contributed by atoms with Crippen LogP contribution in [0, 0.1) is 10.1 Å². The Kier molecular flexibility index (Phi) is 3.90. The molecule has 0 atom stereocenters. The third-order valence-electron chi connectivity index (χ3n) is 3.22. The van der Waals surface area contributed by atoms with Gasteiger partial charge in [0.1, 0.15) is 5.69 Å². The summed E-state index contributed by atoms with van der Waals surface area (Å²) >= 11 is 0. The van der Waals surface area contributed by atoms with Gasteiger partial charge in [-0.1, -0.05) is 0 Å². The van der Waals surface area contributed by atoms with E-state index in [1.165, 1.54) is 0 Å². The van der Waals surface area contributed by atoms with Gasteiger partial charge in [-0.3, -0.25) is 15.1 Å². The first kappa shape index (κ1) is 17.1. The van der Waals surface area contributed by atoms with Crippen LogP contribution in [0.25, 0.3) is 17.1 Å². The number of pyridine rings is 1. The fourth-order valence-corrected chi connectivity index (χ4v) is 2.00. The van der Waals surface area contributed by atoms with Gasteiger partial charge >= 0.3 is 11.9 Å². The highest BCUT2D eigenvalue weighted by Crippen LogP contribution is 2.38. The number of phenolic OH excluding ortho intramolecular Hbond substituents is 2. The summed E-state index contributed by atoms with van der Waals surface area (Å²) in [6, 6.07) is 2.59. The highest BCUT2D eigenvalue weighted by molar-refractivity contribution is 5.68. The molecule has 0 radical (unpaired) electrons. The topological polar surface area (TPSA) is 140 Å². The average molecular weight is 368 g/mol. The number of tetrazole rings is 1. The lowest BCUT2D eigenvalue weighted by Gasteiger charge is -2.06. The Hall–Kier alpha value is -3.77. The molecule has 0 amide bonds. The standard InChI is InChI=1S/C13H7F3N6O4/c14-13(15,16)7-3-8(5-17-4-7)21-19-12(18-20-21)6-1-9(22(25)26)11(24)10(23)2-6/h1-5,23-24H. The van der Waals surface area contributed by atoms with Crippen LogP contribution >= 0.6 is 0 Å². The lowest BCUT2D eigenvalue weighted by atomic mass is 10.1. The number of aromatic hydroxyl groups is 2. The number of nitro groups is 1. The molecule has 0 saturated heterocycles. The van der Waals surface area contributed by atoms with Crippen molar-refractivity contribution in [3.05, 3.63) is 46.3 Å². The maximum absolute atomic E-state index is 12.7. The number of nitro benzene ring substituents is 1. The van der Waals surface area contributed by atoms with Crippen molar-refractivity contribution in [2.45, 2.75) is 6.18 Å². The SMILES string of the molecule is O=[N+]([O-])c1cc(-c2nnn(-c3cncc(C(F)(F)F)c3)n2)cc(O)c1O. The number of alkyl halides is 3. The summed E-state index contributed by atoms with van der Waals surface area (Å²) in [5.41, 5.74) is -2.03. The van der Waals surface area contributed by atoms with E-state index < -0.39 is 33.8 Å².